The summed E-state index contributed by atoms with van der Waals surface area (Å²) in [6.07, 6.45) is 9.52. The summed E-state index contributed by atoms with van der Waals surface area (Å²) < 4.78 is 11.5. The zero-order chi connectivity index (χ0) is 17.4. The number of hydrogen-bond acceptors (Lipinski definition) is 3. The molecule has 0 radical (unpaired) electrons. The third-order valence-corrected chi connectivity index (χ3v) is 4.74. The number of benzene rings is 1. The molecule has 0 bridgehead atoms. The second-order valence-electron chi connectivity index (χ2n) is 6.65. The van der Waals surface area contributed by atoms with Gasteiger partial charge in [-0.05, 0) is 50.7 Å². The Balaban J connectivity index is 1.93. The Hall–Kier alpha value is -1.55. The molecule has 1 aromatic carbocycles. The van der Waals surface area contributed by atoms with Crippen LogP contribution < -0.4 is 4.74 Å². The van der Waals surface area contributed by atoms with Crippen molar-refractivity contribution < 1.29 is 9.47 Å². The number of hydrogen-bond donors (Lipinski definition) is 0. The number of rotatable bonds is 9. The SMILES string of the molecule is CCN(C)C=Nc1cc(OC)c(CCCOC2CCCC2)cc1C. The Morgan fingerprint density at radius 3 is 2.71 bits per heavy atom. The van der Waals surface area contributed by atoms with Gasteiger partial charge in [0.2, 0.25) is 0 Å². The normalized spacial score (nSPS) is 15.3. The Bertz CT molecular complexity index is 537. The van der Waals surface area contributed by atoms with Crippen molar-refractivity contribution in [1.82, 2.24) is 4.90 Å². The van der Waals surface area contributed by atoms with Crippen LogP contribution in [0.5, 0.6) is 5.75 Å². The molecule has 2 rings (SSSR count). The molecule has 24 heavy (non-hydrogen) atoms. The van der Waals surface area contributed by atoms with Gasteiger partial charge in [-0.15, -0.1) is 0 Å². The van der Waals surface area contributed by atoms with Gasteiger partial charge in [-0.25, -0.2) is 4.99 Å². The molecular weight excluding hydrogens is 300 g/mol. The number of methoxy groups -OCH3 is 1. The minimum Gasteiger partial charge on any atom is -0.496 e. The second kappa shape index (κ2) is 9.67. The molecule has 1 aliphatic carbocycles. The molecule has 1 fully saturated rings. The smallest absolute Gasteiger partial charge is 0.124 e. The number of ether oxygens (including phenoxy) is 2. The highest BCUT2D eigenvalue weighted by atomic mass is 16.5. The maximum Gasteiger partial charge on any atom is 0.124 e. The highest BCUT2D eigenvalue weighted by Gasteiger charge is 2.15. The van der Waals surface area contributed by atoms with Crippen molar-refractivity contribution in [2.24, 2.45) is 4.99 Å². The van der Waals surface area contributed by atoms with Gasteiger partial charge >= 0.3 is 0 Å². The van der Waals surface area contributed by atoms with E-state index in [4.69, 9.17) is 9.47 Å². The third-order valence-electron chi connectivity index (χ3n) is 4.74. The maximum absolute atomic E-state index is 5.96. The zero-order valence-corrected chi connectivity index (χ0v) is 15.7. The Labute approximate surface area is 146 Å². The molecule has 0 N–H and O–H groups in total. The van der Waals surface area contributed by atoms with Crippen LogP contribution >= 0.6 is 0 Å². The zero-order valence-electron chi connectivity index (χ0n) is 15.7. The van der Waals surface area contributed by atoms with Gasteiger partial charge in [-0.2, -0.15) is 0 Å². The summed E-state index contributed by atoms with van der Waals surface area (Å²) in [5.74, 6) is 0.924. The van der Waals surface area contributed by atoms with E-state index in [2.05, 4.69) is 29.8 Å². The summed E-state index contributed by atoms with van der Waals surface area (Å²) >= 11 is 0. The van der Waals surface area contributed by atoms with Gasteiger partial charge in [0.1, 0.15) is 5.75 Å². The summed E-state index contributed by atoms with van der Waals surface area (Å²) in [6, 6.07) is 4.25. The summed E-state index contributed by atoms with van der Waals surface area (Å²) in [5, 5.41) is 0. The fraction of sp³-hybridized carbons (Fsp3) is 0.650. The van der Waals surface area contributed by atoms with Crippen LogP contribution in [0.1, 0.15) is 50.2 Å². The van der Waals surface area contributed by atoms with Gasteiger partial charge in [0.05, 0.1) is 25.2 Å². The Morgan fingerprint density at radius 1 is 1.29 bits per heavy atom. The molecule has 1 saturated carbocycles. The van der Waals surface area contributed by atoms with Crippen molar-refractivity contribution in [2.75, 3.05) is 27.3 Å². The van der Waals surface area contributed by atoms with Crippen molar-refractivity contribution in [3.05, 3.63) is 23.3 Å². The predicted molar refractivity (Wildman–Crippen MR) is 101 cm³/mol. The summed E-state index contributed by atoms with van der Waals surface area (Å²) in [4.78, 5) is 6.63. The highest BCUT2D eigenvalue weighted by Crippen LogP contribution is 2.30. The maximum atomic E-state index is 5.96. The molecule has 1 aliphatic rings. The van der Waals surface area contributed by atoms with E-state index in [0.29, 0.717) is 6.10 Å². The van der Waals surface area contributed by atoms with Gasteiger partial charge in [0.15, 0.2) is 0 Å². The van der Waals surface area contributed by atoms with Crippen molar-refractivity contribution in [3.8, 4) is 5.75 Å². The van der Waals surface area contributed by atoms with Crippen LogP contribution in [0.3, 0.4) is 0 Å². The first-order valence-electron chi connectivity index (χ1n) is 9.17. The van der Waals surface area contributed by atoms with Crippen molar-refractivity contribution >= 4 is 12.0 Å². The summed E-state index contributed by atoms with van der Waals surface area (Å²) in [5.41, 5.74) is 3.40. The minimum atomic E-state index is 0.501. The lowest BCUT2D eigenvalue weighted by atomic mass is 10.0. The fourth-order valence-corrected chi connectivity index (χ4v) is 3.07. The number of nitrogens with zero attached hydrogens (tertiary/aromatic N) is 2. The van der Waals surface area contributed by atoms with Gasteiger partial charge in [0.25, 0.3) is 0 Å². The van der Waals surface area contributed by atoms with Crippen molar-refractivity contribution in [1.29, 1.82) is 0 Å². The molecule has 0 atom stereocenters. The standard InChI is InChI=1S/C20H32N2O2/c1-5-22(3)15-21-19-14-20(23-4)17(13-16(19)2)9-8-12-24-18-10-6-7-11-18/h13-15,18H,5-12H2,1-4H3. The molecule has 0 unspecified atom stereocenters. The highest BCUT2D eigenvalue weighted by molar-refractivity contribution is 5.64. The molecule has 0 amide bonds. The van der Waals surface area contributed by atoms with E-state index in [1.807, 2.05) is 19.5 Å². The Kier molecular flexibility index (Phi) is 7.57. The molecule has 4 heteroatoms. The first kappa shape index (κ1) is 18.8. The molecule has 0 aliphatic heterocycles. The van der Waals surface area contributed by atoms with Crippen molar-refractivity contribution in [3.63, 3.8) is 0 Å². The van der Waals surface area contributed by atoms with E-state index in [1.54, 1.807) is 7.11 Å². The van der Waals surface area contributed by atoms with Crippen molar-refractivity contribution in [2.45, 2.75) is 58.5 Å². The van der Waals surface area contributed by atoms with E-state index >= 15 is 0 Å². The Morgan fingerprint density at radius 2 is 2.04 bits per heavy atom. The lowest BCUT2D eigenvalue weighted by Gasteiger charge is -2.14. The van der Waals surface area contributed by atoms with Crippen LogP contribution in [-0.4, -0.2) is 44.7 Å². The lowest BCUT2D eigenvalue weighted by Crippen LogP contribution is -2.14. The van der Waals surface area contributed by atoms with Gasteiger partial charge in [0, 0.05) is 26.3 Å². The number of aliphatic imine (C=N–C) groups is 1. The van der Waals surface area contributed by atoms with Gasteiger partial charge < -0.3 is 14.4 Å². The van der Waals surface area contributed by atoms with E-state index in [0.717, 1.165) is 37.4 Å². The van der Waals surface area contributed by atoms with Crippen LogP contribution in [-0.2, 0) is 11.2 Å². The summed E-state index contributed by atoms with van der Waals surface area (Å²) in [7, 11) is 3.75. The molecule has 1 aromatic rings. The van der Waals surface area contributed by atoms with Crippen LogP contribution in [0.4, 0.5) is 5.69 Å². The average molecular weight is 332 g/mol. The number of aryl methyl sites for hydroxylation is 2. The third kappa shape index (κ3) is 5.52. The topological polar surface area (TPSA) is 34.1 Å². The molecule has 134 valence electrons. The summed E-state index contributed by atoms with van der Waals surface area (Å²) in [6.45, 7) is 6.00. The van der Waals surface area contributed by atoms with Gasteiger partial charge in [-0.3, -0.25) is 0 Å². The molecule has 0 spiro atoms. The predicted octanol–water partition coefficient (Wildman–Crippen LogP) is 4.51. The molecule has 4 nitrogen and oxygen atoms in total. The quantitative estimate of drug-likeness (QED) is 0.379. The first-order valence-corrected chi connectivity index (χ1v) is 9.17. The average Bonchev–Trinajstić information content (AvgIpc) is 3.11. The minimum absolute atomic E-state index is 0.501. The van der Waals surface area contributed by atoms with E-state index in [-0.39, 0.29) is 0 Å². The van der Waals surface area contributed by atoms with E-state index in [1.165, 1.54) is 36.8 Å². The fourth-order valence-electron chi connectivity index (χ4n) is 3.07. The molecule has 0 heterocycles. The monoisotopic (exact) mass is 332 g/mol. The molecular formula is C20H32N2O2. The van der Waals surface area contributed by atoms with Crippen LogP contribution in [0, 0.1) is 6.92 Å². The van der Waals surface area contributed by atoms with Crippen LogP contribution in [0.2, 0.25) is 0 Å². The van der Waals surface area contributed by atoms with Gasteiger partial charge in [-0.1, -0.05) is 18.9 Å². The second-order valence-corrected chi connectivity index (χ2v) is 6.65. The van der Waals surface area contributed by atoms with E-state index < -0.39 is 0 Å². The lowest BCUT2D eigenvalue weighted by molar-refractivity contribution is 0.0569. The first-order chi connectivity index (χ1) is 11.6. The van der Waals surface area contributed by atoms with Crippen LogP contribution in [0.25, 0.3) is 0 Å². The largest absolute Gasteiger partial charge is 0.496 e. The van der Waals surface area contributed by atoms with Crippen LogP contribution in [0.15, 0.2) is 17.1 Å². The molecule has 0 saturated heterocycles. The van der Waals surface area contributed by atoms with E-state index in [9.17, 15) is 0 Å². The molecule has 0 aromatic heterocycles.